The highest BCUT2D eigenvalue weighted by atomic mass is 16.6. The molecule has 0 fully saturated rings. The second-order valence-corrected chi connectivity index (χ2v) is 3.49. The van der Waals surface area contributed by atoms with Crippen molar-refractivity contribution in [3.8, 4) is 0 Å². The van der Waals surface area contributed by atoms with Crippen molar-refractivity contribution >= 4 is 12.7 Å². The minimum Gasteiger partial charge on any atom is -0.408 e. The molecule has 0 radical (unpaired) electrons. The van der Waals surface area contributed by atoms with Crippen molar-refractivity contribution in [3.05, 3.63) is 41.9 Å². The standard InChI is InChI=1S/C13H19BO2/c1-4-15-14(16-5-2)11-12(3)13-9-7-6-8-10-13/h6-11H,4-5H2,1-3H3/b12-11+. The Labute approximate surface area is 98.4 Å². The van der Waals surface area contributed by atoms with Gasteiger partial charge >= 0.3 is 7.12 Å². The molecule has 0 aliphatic rings. The fourth-order valence-electron chi connectivity index (χ4n) is 1.47. The van der Waals surface area contributed by atoms with Gasteiger partial charge in [0.15, 0.2) is 0 Å². The average Bonchev–Trinajstić information content (AvgIpc) is 2.31. The van der Waals surface area contributed by atoms with Crippen LogP contribution < -0.4 is 0 Å². The number of hydrogen-bond donors (Lipinski definition) is 0. The van der Waals surface area contributed by atoms with E-state index in [-0.39, 0.29) is 7.12 Å². The minimum absolute atomic E-state index is 0.241. The summed E-state index contributed by atoms with van der Waals surface area (Å²) in [4.78, 5) is 0. The van der Waals surface area contributed by atoms with Crippen LogP contribution in [-0.4, -0.2) is 20.3 Å². The predicted molar refractivity (Wildman–Crippen MR) is 69.1 cm³/mol. The Morgan fingerprint density at radius 2 is 1.69 bits per heavy atom. The molecule has 0 aromatic heterocycles. The lowest BCUT2D eigenvalue weighted by Crippen LogP contribution is -2.21. The average molecular weight is 218 g/mol. The zero-order valence-electron chi connectivity index (χ0n) is 10.3. The molecule has 0 aliphatic carbocycles. The van der Waals surface area contributed by atoms with E-state index in [1.807, 2.05) is 38.0 Å². The maximum absolute atomic E-state index is 5.48. The summed E-state index contributed by atoms with van der Waals surface area (Å²) >= 11 is 0. The maximum atomic E-state index is 5.48. The quantitative estimate of drug-likeness (QED) is 0.682. The molecule has 0 saturated heterocycles. The fourth-order valence-corrected chi connectivity index (χ4v) is 1.47. The van der Waals surface area contributed by atoms with Crippen LogP contribution in [0.1, 0.15) is 26.3 Å². The molecule has 1 aromatic rings. The van der Waals surface area contributed by atoms with Crippen molar-refractivity contribution in [2.75, 3.05) is 13.2 Å². The van der Waals surface area contributed by atoms with E-state index in [0.717, 1.165) is 0 Å². The minimum atomic E-state index is -0.241. The van der Waals surface area contributed by atoms with Crippen molar-refractivity contribution in [1.29, 1.82) is 0 Å². The first-order valence-electron chi connectivity index (χ1n) is 5.75. The molecule has 3 heteroatoms. The van der Waals surface area contributed by atoms with Gasteiger partial charge in [0.2, 0.25) is 0 Å². The molecule has 1 aromatic carbocycles. The summed E-state index contributed by atoms with van der Waals surface area (Å²) < 4.78 is 11.0. The molecule has 86 valence electrons. The molecule has 0 aliphatic heterocycles. The summed E-state index contributed by atoms with van der Waals surface area (Å²) in [7, 11) is -0.241. The van der Waals surface area contributed by atoms with E-state index in [2.05, 4.69) is 19.1 Å². The van der Waals surface area contributed by atoms with Crippen LogP contribution >= 0.6 is 0 Å². The van der Waals surface area contributed by atoms with Crippen molar-refractivity contribution in [2.24, 2.45) is 0 Å². The van der Waals surface area contributed by atoms with Gasteiger partial charge < -0.3 is 9.31 Å². The van der Waals surface area contributed by atoms with Crippen molar-refractivity contribution in [3.63, 3.8) is 0 Å². The second-order valence-electron chi connectivity index (χ2n) is 3.49. The first-order chi connectivity index (χ1) is 7.77. The molecule has 0 amide bonds. The molecule has 0 N–H and O–H groups in total. The molecule has 0 atom stereocenters. The van der Waals surface area contributed by atoms with E-state index in [1.54, 1.807) is 0 Å². The summed E-state index contributed by atoms with van der Waals surface area (Å²) in [6.45, 7) is 7.32. The van der Waals surface area contributed by atoms with Gasteiger partial charge in [-0.3, -0.25) is 0 Å². The lowest BCUT2D eigenvalue weighted by Gasteiger charge is -2.10. The predicted octanol–water partition coefficient (Wildman–Crippen LogP) is 3.19. The van der Waals surface area contributed by atoms with Crippen molar-refractivity contribution in [1.82, 2.24) is 0 Å². The van der Waals surface area contributed by atoms with E-state index < -0.39 is 0 Å². The monoisotopic (exact) mass is 218 g/mol. The number of hydrogen-bond acceptors (Lipinski definition) is 2. The van der Waals surface area contributed by atoms with Crippen LogP contribution in [0.4, 0.5) is 0 Å². The third kappa shape index (κ3) is 4.21. The van der Waals surface area contributed by atoms with E-state index in [4.69, 9.17) is 9.31 Å². The first-order valence-corrected chi connectivity index (χ1v) is 5.75. The van der Waals surface area contributed by atoms with Crippen LogP contribution in [0, 0.1) is 0 Å². The van der Waals surface area contributed by atoms with Gasteiger partial charge in [-0.05, 0) is 26.3 Å². The van der Waals surface area contributed by atoms with Crippen LogP contribution in [0.5, 0.6) is 0 Å². The molecule has 0 unspecified atom stereocenters. The number of benzene rings is 1. The Morgan fingerprint density at radius 3 is 2.19 bits per heavy atom. The molecule has 0 saturated carbocycles. The van der Waals surface area contributed by atoms with Gasteiger partial charge in [0.1, 0.15) is 0 Å². The highest BCUT2D eigenvalue weighted by Crippen LogP contribution is 2.13. The SMILES string of the molecule is CCOB(/C=C(\C)c1ccccc1)OCC. The first kappa shape index (κ1) is 13.0. The fraction of sp³-hybridized carbons (Fsp3) is 0.385. The zero-order valence-corrected chi connectivity index (χ0v) is 10.3. The Hall–Kier alpha value is -1.06. The van der Waals surface area contributed by atoms with Gasteiger partial charge in [0.05, 0.1) is 0 Å². The highest BCUT2D eigenvalue weighted by molar-refractivity contribution is 6.52. The highest BCUT2D eigenvalue weighted by Gasteiger charge is 2.13. The van der Waals surface area contributed by atoms with E-state index in [1.165, 1.54) is 11.1 Å². The van der Waals surface area contributed by atoms with Crippen molar-refractivity contribution in [2.45, 2.75) is 20.8 Å². The van der Waals surface area contributed by atoms with Crippen molar-refractivity contribution < 1.29 is 9.31 Å². The molecule has 0 spiro atoms. The summed E-state index contributed by atoms with van der Waals surface area (Å²) in [5.41, 5.74) is 2.37. The van der Waals surface area contributed by atoms with Gasteiger partial charge in [-0.25, -0.2) is 0 Å². The zero-order chi connectivity index (χ0) is 11.8. The van der Waals surface area contributed by atoms with Gasteiger partial charge in [0.25, 0.3) is 0 Å². The van der Waals surface area contributed by atoms with Gasteiger partial charge in [-0.2, -0.15) is 0 Å². The molecule has 2 nitrogen and oxygen atoms in total. The number of allylic oxidation sites excluding steroid dienone is 1. The third-order valence-corrected chi connectivity index (χ3v) is 2.28. The molecule has 16 heavy (non-hydrogen) atoms. The summed E-state index contributed by atoms with van der Waals surface area (Å²) in [5.74, 6) is 2.02. The van der Waals surface area contributed by atoms with Crippen LogP contribution in [0.3, 0.4) is 0 Å². The lowest BCUT2D eigenvalue weighted by atomic mass is 9.85. The largest absolute Gasteiger partial charge is 0.486 e. The lowest BCUT2D eigenvalue weighted by molar-refractivity contribution is 0.224. The molecule has 1 rings (SSSR count). The topological polar surface area (TPSA) is 18.5 Å². The van der Waals surface area contributed by atoms with Gasteiger partial charge in [-0.15, -0.1) is 0 Å². The van der Waals surface area contributed by atoms with E-state index in [0.29, 0.717) is 13.2 Å². The third-order valence-electron chi connectivity index (χ3n) is 2.28. The van der Waals surface area contributed by atoms with E-state index >= 15 is 0 Å². The molecular weight excluding hydrogens is 199 g/mol. The number of rotatable bonds is 6. The van der Waals surface area contributed by atoms with Gasteiger partial charge in [-0.1, -0.05) is 41.9 Å². The van der Waals surface area contributed by atoms with E-state index in [9.17, 15) is 0 Å². The van der Waals surface area contributed by atoms with Crippen LogP contribution in [0.2, 0.25) is 0 Å². The van der Waals surface area contributed by atoms with Crippen LogP contribution in [0.25, 0.3) is 5.57 Å². The van der Waals surface area contributed by atoms with Crippen LogP contribution in [0.15, 0.2) is 36.3 Å². The molecule has 0 heterocycles. The summed E-state index contributed by atoms with van der Waals surface area (Å²) in [5, 5.41) is 0. The molecular formula is C13H19BO2. The van der Waals surface area contributed by atoms with Crippen LogP contribution in [-0.2, 0) is 9.31 Å². The Morgan fingerprint density at radius 1 is 1.12 bits per heavy atom. The Balaban J connectivity index is 2.72. The Bertz CT molecular complexity index is 316. The smallest absolute Gasteiger partial charge is 0.408 e. The summed E-state index contributed by atoms with van der Waals surface area (Å²) in [6.07, 6.45) is 0. The maximum Gasteiger partial charge on any atom is 0.486 e. The normalized spacial score (nSPS) is 11.6. The second kappa shape index (κ2) is 7.26. The molecule has 0 bridgehead atoms. The summed E-state index contributed by atoms with van der Waals surface area (Å²) in [6, 6.07) is 10.2. The Kier molecular flexibility index (Phi) is 5.90. The van der Waals surface area contributed by atoms with Gasteiger partial charge in [0, 0.05) is 13.2 Å².